The summed E-state index contributed by atoms with van der Waals surface area (Å²) in [5, 5.41) is 28.3. The van der Waals surface area contributed by atoms with E-state index in [-0.39, 0.29) is 12.4 Å². The second-order valence-electron chi connectivity index (χ2n) is 5.42. The van der Waals surface area contributed by atoms with Crippen molar-refractivity contribution in [3.63, 3.8) is 0 Å². The zero-order valence-electron chi connectivity index (χ0n) is 12.7. The Morgan fingerprint density at radius 1 is 1.05 bits per heavy atom. The molecule has 0 amide bonds. The van der Waals surface area contributed by atoms with Crippen molar-refractivity contribution in [2.24, 2.45) is 0 Å². The third-order valence-corrected chi connectivity index (χ3v) is 3.81. The minimum atomic E-state index is 0.0675. The van der Waals surface area contributed by atoms with E-state index in [9.17, 15) is 5.11 Å². The highest BCUT2D eigenvalue weighted by Gasteiger charge is 2.12. The highest BCUT2D eigenvalue weighted by atomic mass is 16.3. The Hall–Kier alpha value is -2.40. The number of phenolic OH excluding ortho intramolecular Hbond substituents is 1. The first-order valence-corrected chi connectivity index (χ1v) is 7.42. The lowest BCUT2D eigenvalue weighted by Crippen LogP contribution is -2.02. The minimum absolute atomic E-state index is 0.0675. The van der Waals surface area contributed by atoms with Gasteiger partial charge in [0.25, 0.3) is 0 Å². The highest BCUT2D eigenvalue weighted by molar-refractivity contribution is 5.75. The molecule has 0 saturated carbocycles. The van der Waals surface area contributed by atoms with Crippen molar-refractivity contribution in [3.05, 3.63) is 47.0 Å². The third kappa shape index (κ3) is 2.55. The summed E-state index contributed by atoms with van der Waals surface area (Å²) in [6.07, 6.45) is 1.48. The number of benzene rings is 2. The average Bonchev–Trinajstić information content (AvgIpc) is 2.93. The lowest BCUT2D eigenvalue weighted by molar-refractivity contribution is 0.299. The van der Waals surface area contributed by atoms with Crippen LogP contribution in [0.25, 0.3) is 16.7 Å². The van der Waals surface area contributed by atoms with Crippen molar-refractivity contribution in [1.82, 2.24) is 15.0 Å². The van der Waals surface area contributed by atoms with Crippen LogP contribution in [0.5, 0.6) is 5.75 Å². The number of aliphatic hydroxyl groups excluding tert-OH is 1. The van der Waals surface area contributed by atoms with E-state index in [1.165, 1.54) is 10.4 Å². The van der Waals surface area contributed by atoms with E-state index >= 15 is 0 Å². The molecule has 5 heteroatoms. The van der Waals surface area contributed by atoms with Gasteiger partial charge in [-0.05, 0) is 54.7 Å². The normalized spacial score (nSPS) is 11.2. The Kier molecular flexibility index (Phi) is 3.81. The molecule has 22 heavy (non-hydrogen) atoms. The van der Waals surface area contributed by atoms with Crippen LogP contribution in [-0.4, -0.2) is 31.8 Å². The first kappa shape index (κ1) is 14.5. The summed E-state index contributed by atoms with van der Waals surface area (Å²) < 4.78 is 0. The fourth-order valence-corrected chi connectivity index (χ4v) is 2.55. The van der Waals surface area contributed by atoms with E-state index in [1.807, 2.05) is 37.3 Å². The molecule has 0 fully saturated rings. The summed E-state index contributed by atoms with van der Waals surface area (Å²) >= 11 is 0. The fourth-order valence-electron chi connectivity index (χ4n) is 2.55. The van der Waals surface area contributed by atoms with Crippen LogP contribution >= 0.6 is 0 Å². The molecule has 0 unspecified atom stereocenters. The molecule has 0 aliphatic heterocycles. The van der Waals surface area contributed by atoms with Crippen molar-refractivity contribution in [2.45, 2.75) is 26.7 Å². The van der Waals surface area contributed by atoms with E-state index in [0.717, 1.165) is 28.6 Å². The van der Waals surface area contributed by atoms with E-state index in [1.54, 1.807) is 0 Å². The number of phenols is 1. The van der Waals surface area contributed by atoms with E-state index in [2.05, 4.69) is 17.1 Å². The number of aliphatic hydroxyl groups is 1. The third-order valence-electron chi connectivity index (χ3n) is 3.81. The topological polar surface area (TPSA) is 71.2 Å². The largest absolute Gasteiger partial charge is 0.505 e. The number of rotatable bonds is 4. The van der Waals surface area contributed by atoms with Gasteiger partial charge in [-0.15, -0.1) is 15.0 Å². The van der Waals surface area contributed by atoms with Crippen molar-refractivity contribution >= 4 is 11.0 Å². The molecule has 0 aliphatic rings. The SMILES string of the molecule is CCc1ccc2nn(-c3cc(CCO)cc(C)c3O)nc2c1. The summed E-state index contributed by atoms with van der Waals surface area (Å²) in [4.78, 5) is 1.47. The minimum Gasteiger partial charge on any atom is -0.505 e. The van der Waals surface area contributed by atoms with Crippen LogP contribution in [0.2, 0.25) is 0 Å². The molecule has 3 aromatic rings. The maximum Gasteiger partial charge on any atom is 0.146 e. The smallest absolute Gasteiger partial charge is 0.146 e. The maximum atomic E-state index is 10.3. The molecule has 3 rings (SSSR count). The van der Waals surface area contributed by atoms with E-state index < -0.39 is 0 Å². The molecule has 114 valence electrons. The monoisotopic (exact) mass is 297 g/mol. The summed E-state index contributed by atoms with van der Waals surface area (Å²) in [6, 6.07) is 9.68. The van der Waals surface area contributed by atoms with E-state index in [0.29, 0.717) is 12.1 Å². The Morgan fingerprint density at radius 3 is 2.55 bits per heavy atom. The number of nitrogens with zero attached hydrogens (tertiary/aromatic N) is 3. The molecule has 5 nitrogen and oxygen atoms in total. The number of hydrogen-bond donors (Lipinski definition) is 2. The molecule has 0 radical (unpaired) electrons. The highest BCUT2D eigenvalue weighted by Crippen LogP contribution is 2.27. The van der Waals surface area contributed by atoms with Crippen LogP contribution in [0, 0.1) is 6.92 Å². The molecule has 2 N–H and O–H groups in total. The molecule has 2 aromatic carbocycles. The lowest BCUT2D eigenvalue weighted by atomic mass is 10.1. The second kappa shape index (κ2) is 5.77. The van der Waals surface area contributed by atoms with Gasteiger partial charge in [0.1, 0.15) is 22.5 Å². The van der Waals surface area contributed by atoms with E-state index in [4.69, 9.17) is 5.11 Å². The summed E-state index contributed by atoms with van der Waals surface area (Å²) in [5.41, 5.74) is 5.04. The molecular weight excluding hydrogens is 278 g/mol. The van der Waals surface area contributed by atoms with Gasteiger partial charge in [-0.2, -0.15) is 0 Å². The number of aryl methyl sites for hydroxylation is 2. The van der Waals surface area contributed by atoms with Crippen molar-refractivity contribution < 1.29 is 10.2 Å². The molecule has 0 spiro atoms. The Morgan fingerprint density at radius 2 is 1.82 bits per heavy atom. The van der Waals surface area contributed by atoms with Gasteiger partial charge in [-0.3, -0.25) is 0 Å². The molecule has 0 bridgehead atoms. The second-order valence-corrected chi connectivity index (χ2v) is 5.42. The fraction of sp³-hybridized carbons (Fsp3) is 0.294. The lowest BCUT2D eigenvalue weighted by Gasteiger charge is -2.09. The Balaban J connectivity index is 2.13. The number of aromatic hydroxyl groups is 1. The standard InChI is InChI=1S/C17H19N3O2/c1-3-12-4-5-14-15(9-12)19-20(18-14)16-10-13(6-7-21)8-11(2)17(16)22/h4-5,8-10,21-22H,3,6-7H2,1-2H3. The molecular formula is C17H19N3O2. The van der Waals surface area contributed by atoms with Crippen LogP contribution in [0.3, 0.4) is 0 Å². The molecule has 1 aromatic heterocycles. The maximum absolute atomic E-state index is 10.3. The number of fused-ring (bicyclic) bond motifs is 1. The van der Waals surface area contributed by atoms with Crippen LogP contribution in [0.4, 0.5) is 0 Å². The number of aromatic nitrogens is 3. The van der Waals surface area contributed by atoms with Crippen LogP contribution in [0.1, 0.15) is 23.6 Å². The Bertz CT molecular complexity index is 824. The molecule has 1 heterocycles. The molecule has 0 aliphatic carbocycles. The number of hydrogen-bond acceptors (Lipinski definition) is 4. The summed E-state index contributed by atoms with van der Waals surface area (Å²) in [7, 11) is 0. The summed E-state index contributed by atoms with van der Waals surface area (Å²) in [5.74, 6) is 0.165. The van der Waals surface area contributed by atoms with Crippen molar-refractivity contribution in [3.8, 4) is 11.4 Å². The van der Waals surface area contributed by atoms with Gasteiger partial charge in [-0.1, -0.05) is 19.1 Å². The Labute approximate surface area is 128 Å². The zero-order valence-corrected chi connectivity index (χ0v) is 12.7. The van der Waals surface area contributed by atoms with Gasteiger partial charge < -0.3 is 10.2 Å². The first-order valence-electron chi connectivity index (χ1n) is 7.42. The van der Waals surface area contributed by atoms with Gasteiger partial charge in [-0.25, -0.2) is 0 Å². The van der Waals surface area contributed by atoms with Crippen LogP contribution in [-0.2, 0) is 12.8 Å². The molecule has 0 saturated heterocycles. The quantitative estimate of drug-likeness (QED) is 0.776. The van der Waals surface area contributed by atoms with Gasteiger partial charge in [0.05, 0.1) is 0 Å². The first-order chi connectivity index (χ1) is 10.6. The van der Waals surface area contributed by atoms with Gasteiger partial charge in [0.2, 0.25) is 0 Å². The van der Waals surface area contributed by atoms with Gasteiger partial charge in [0.15, 0.2) is 0 Å². The average molecular weight is 297 g/mol. The van der Waals surface area contributed by atoms with Crippen LogP contribution < -0.4 is 0 Å². The van der Waals surface area contributed by atoms with Crippen molar-refractivity contribution in [1.29, 1.82) is 0 Å². The van der Waals surface area contributed by atoms with Gasteiger partial charge in [0, 0.05) is 6.61 Å². The predicted octanol–water partition coefficient (Wildman–Crippen LogP) is 2.53. The van der Waals surface area contributed by atoms with Crippen molar-refractivity contribution in [2.75, 3.05) is 6.61 Å². The predicted molar refractivity (Wildman–Crippen MR) is 85.4 cm³/mol. The summed E-state index contributed by atoms with van der Waals surface area (Å²) in [6.45, 7) is 4.00. The molecule has 0 atom stereocenters. The van der Waals surface area contributed by atoms with Gasteiger partial charge >= 0.3 is 0 Å². The van der Waals surface area contributed by atoms with Crippen LogP contribution in [0.15, 0.2) is 30.3 Å². The zero-order chi connectivity index (χ0) is 15.7.